The molecule has 2 heterocycles. The summed E-state index contributed by atoms with van der Waals surface area (Å²) < 4.78 is 12.8. The van der Waals surface area contributed by atoms with Gasteiger partial charge in [0.15, 0.2) is 0 Å². The van der Waals surface area contributed by atoms with Gasteiger partial charge >= 0.3 is 0 Å². The van der Waals surface area contributed by atoms with Gasteiger partial charge in [-0.05, 0) is 73.0 Å². The fraction of sp³-hybridized carbons (Fsp3) is 0.143. The van der Waals surface area contributed by atoms with Crippen LogP contribution in [-0.2, 0) is 4.74 Å². The predicted molar refractivity (Wildman–Crippen MR) is 161 cm³/mol. The van der Waals surface area contributed by atoms with E-state index in [1.165, 1.54) is 11.1 Å². The van der Waals surface area contributed by atoms with E-state index in [4.69, 9.17) is 9.15 Å². The van der Waals surface area contributed by atoms with Gasteiger partial charge in [0.25, 0.3) is 0 Å². The van der Waals surface area contributed by atoms with Crippen molar-refractivity contribution in [2.45, 2.75) is 26.6 Å². The van der Waals surface area contributed by atoms with E-state index in [1.54, 1.807) is 7.11 Å². The first kappa shape index (κ1) is 23.6. The highest BCUT2D eigenvalue weighted by molar-refractivity contribution is 6.10. The number of hydrogen-bond acceptors (Lipinski definition) is 4. The predicted octanol–water partition coefficient (Wildman–Crippen LogP) is 9.48. The summed E-state index contributed by atoms with van der Waals surface area (Å²) in [5.41, 5.74) is 10.8. The van der Waals surface area contributed by atoms with Crippen LogP contribution in [0.4, 0.5) is 22.7 Å². The maximum Gasteiger partial charge on any atom is 0.227 e. The molecule has 1 aliphatic rings. The lowest BCUT2D eigenvalue weighted by atomic mass is 10.0. The molecule has 0 spiro atoms. The van der Waals surface area contributed by atoms with Crippen molar-refractivity contribution in [3.8, 4) is 11.1 Å². The summed E-state index contributed by atoms with van der Waals surface area (Å²) in [7, 11) is 1.79. The van der Waals surface area contributed by atoms with Gasteiger partial charge in [0.2, 0.25) is 5.85 Å². The highest BCUT2D eigenvalue weighted by Gasteiger charge is 2.48. The third kappa shape index (κ3) is 3.56. The molecule has 0 radical (unpaired) electrons. The maximum absolute atomic E-state index is 6.40. The number of furan rings is 1. The third-order valence-electron chi connectivity index (χ3n) is 7.87. The summed E-state index contributed by atoms with van der Waals surface area (Å²) in [6, 6.07) is 38.4. The van der Waals surface area contributed by atoms with Gasteiger partial charge < -0.3 is 9.15 Å². The van der Waals surface area contributed by atoms with E-state index >= 15 is 0 Å². The van der Waals surface area contributed by atoms with E-state index in [1.807, 2.05) is 18.2 Å². The van der Waals surface area contributed by atoms with Gasteiger partial charge in [-0.2, -0.15) is 0 Å². The Morgan fingerprint density at radius 2 is 1.33 bits per heavy atom. The molecule has 0 amide bonds. The molecule has 0 N–H and O–H groups in total. The molecule has 0 fully saturated rings. The molecule has 0 saturated heterocycles. The standard InChI is InChI=1S/C35H30N2O2/c1-23-19-24(2)21-27(20-23)37-31-18-17-25(22-32(31)36(35(37,3)38-4)26-11-6-5-7-12-26)28-14-10-15-30-29-13-8-9-16-33(29)39-34(28)30/h5-22H,1-4H3. The number of aryl methyl sites for hydroxylation is 2. The second-order valence-electron chi connectivity index (χ2n) is 10.5. The molecule has 1 aromatic heterocycles. The Balaban J connectivity index is 1.48. The smallest absolute Gasteiger partial charge is 0.227 e. The van der Waals surface area contributed by atoms with E-state index < -0.39 is 5.85 Å². The monoisotopic (exact) mass is 510 g/mol. The summed E-state index contributed by atoms with van der Waals surface area (Å²) in [6.07, 6.45) is 0. The minimum absolute atomic E-state index is 0.784. The molecule has 0 saturated carbocycles. The molecule has 0 aliphatic carbocycles. The second kappa shape index (κ2) is 8.75. The van der Waals surface area contributed by atoms with Gasteiger partial charge in [0.05, 0.1) is 11.4 Å². The quantitative estimate of drug-likeness (QED) is 0.236. The zero-order valence-corrected chi connectivity index (χ0v) is 22.6. The summed E-state index contributed by atoms with van der Waals surface area (Å²) in [6.45, 7) is 6.42. The zero-order chi connectivity index (χ0) is 26.7. The Labute approximate surface area is 228 Å². The van der Waals surface area contributed by atoms with E-state index in [0.717, 1.165) is 55.8 Å². The van der Waals surface area contributed by atoms with Crippen LogP contribution < -0.4 is 9.80 Å². The molecule has 5 aromatic carbocycles. The molecule has 0 bridgehead atoms. The van der Waals surface area contributed by atoms with Crippen molar-refractivity contribution in [2.24, 2.45) is 0 Å². The first-order valence-electron chi connectivity index (χ1n) is 13.3. The molecule has 7 rings (SSSR count). The van der Waals surface area contributed by atoms with Gasteiger partial charge in [0, 0.05) is 41.7 Å². The van der Waals surface area contributed by atoms with Crippen molar-refractivity contribution in [2.75, 3.05) is 16.9 Å². The number of rotatable bonds is 4. The lowest BCUT2D eigenvalue weighted by molar-refractivity contribution is 0.0239. The summed E-state index contributed by atoms with van der Waals surface area (Å²) in [4.78, 5) is 4.60. The molecule has 1 unspecified atom stereocenters. The van der Waals surface area contributed by atoms with Crippen molar-refractivity contribution in [1.29, 1.82) is 0 Å². The van der Waals surface area contributed by atoms with Crippen LogP contribution in [-0.4, -0.2) is 13.0 Å². The summed E-state index contributed by atoms with van der Waals surface area (Å²) in [5.74, 6) is -0.784. The van der Waals surface area contributed by atoms with Crippen molar-refractivity contribution >= 4 is 44.7 Å². The largest absolute Gasteiger partial charge is 0.455 e. The number of para-hydroxylation sites is 3. The van der Waals surface area contributed by atoms with Gasteiger partial charge in [-0.3, -0.25) is 9.80 Å². The molecule has 39 heavy (non-hydrogen) atoms. The molecule has 6 aromatic rings. The minimum Gasteiger partial charge on any atom is -0.455 e. The van der Waals surface area contributed by atoms with Crippen molar-refractivity contribution in [1.82, 2.24) is 0 Å². The van der Waals surface area contributed by atoms with E-state index in [0.29, 0.717) is 0 Å². The van der Waals surface area contributed by atoms with Crippen LogP contribution in [0.15, 0.2) is 114 Å². The van der Waals surface area contributed by atoms with Crippen LogP contribution in [0.3, 0.4) is 0 Å². The van der Waals surface area contributed by atoms with Gasteiger partial charge in [0.1, 0.15) is 11.2 Å². The van der Waals surface area contributed by atoms with Crippen LogP contribution in [0, 0.1) is 13.8 Å². The topological polar surface area (TPSA) is 28.9 Å². The zero-order valence-electron chi connectivity index (χ0n) is 22.6. The average molecular weight is 511 g/mol. The van der Waals surface area contributed by atoms with Crippen LogP contribution in [0.25, 0.3) is 33.1 Å². The molecule has 192 valence electrons. The Morgan fingerprint density at radius 3 is 2.10 bits per heavy atom. The van der Waals surface area contributed by atoms with Gasteiger partial charge in [-0.15, -0.1) is 0 Å². The van der Waals surface area contributed by atoms with Crippen molar-refractivity contribution < 1.29 is 9.15 Å². The summed E-state index contributed by atoms with van der Waals surface area (Å²) >= 11 is 0. The highest BCUT2D eigenvalue weighted by Crippen LogP contribution is 2.54. The summed E-state index contributed by atoms with van der Waals surface area (Å²) in [5, 5.41) is 2.26. The number of methoxy groups -OCH3 is 1. The lowest BCUT2D eigenvalue weighted by Gasteiger charge is -2.41. The number of nitrogens with zero attached hydrogens (tertiary/aromatic N) is 2. The Morgan fingerprint density at radius 1 is 0.641 bits per heavy atom. The molecule has 4 heteroatoms. The molecular weight excluding hydrogens is 480 g/mol. The van der Waals surface area contributed by atoms with E-state index in [-0.39, 0.29) is 0 Å². The van der Waals surface area contributed by atoms with Crippen molar-refractivity contribution in [3.05, 3.63) is 120 Å². The van der Waals surface area contributed by atoms with Crippen LogP contribution in [0.1, 0.15) is 18.1 Å². The number of fused-ring (bicyclic) bond motifs is 4. The van der Waals surface area contributed by atoms with Gasteiger partial charge in [-0.1, -0.05) is 66.7 Å². The molecule has 1 atom stereocenters. The second-order valence-corrected chi connectivity index (χ2v) is 10.5. The Bertz CT molecular complexity index is 1840. The first-order valence-corrected chi connectivity index (χ1v) is 13.3. The number of hydrogen-bond donors (Lipinski definition) is 0. The van der Waals surface area contributed by atoms with Gasteiger partial charge in [-0.25, -0.2) is 0 Å². The minimum atomic E-state index is -0.784. The molecular formula is C35H30N2O2. The highest BCUT2D eigenvalue weighted by atomic mass is 16.5. The normalized spacial score (nSPS) is 16.8. The molecule has 1 aliphatic heterocycles. The Hall–Kier alpha value is -4.54. The number of anilines is 4. The lowest BCUT2D eigenvalue weighted by Crippen LogP contribution is -2.52. The van der Waals surface area contributed by atoms with Crippen LogP contribution >= 0.6 is 0 Å². The van der Waals surface area contributed by atoms with E-state index in [9.17, 15) is 0 Å². The van der Waals surface area contributed by atoms with Crippen LogP contribution in [0.2, 0.25) is 0 Å². The average Bonchev–Trinajstić information content (AvgIpc) is 3.45. The first-order chi connectivity index (χ1) is 19.0. The fourth-order valence-electron chi connectivity index (χ4n) is 6.18. The SMILES string of the molecule is COC1(C)N(c2cc(C)cc(C)c2)c2ccc(-c3cccc4c3oc3ccccc34)cc2N1c1ccccc1. The van der Waals surface area contributed by atoms with E-state index in [2.05, 4.69) is 122 Å². The Kier molecular flexibility index (Phi) is 5.29. The molecule has 4 nitrogen and oxygen atoms in total. The fourth-order valence-corrected chi connectivity index (χ4v) is 6.18. The van der Waals surface area contributed by atoms with Crippen LogP contribution in [0.5, 0.6) is 0 Å². The third-order valence-corrected chi connectivity index (χ3v) is 7.87. The van der Waals surface area contributed by atoms with Crippen molar-refractivity contribution in [3.63, 3.8) is 0 Å². The number of benzene rings is 5. The number of ether oxygens (including phenoxy) is 1. The maximum atomic E-state index is 6.40.